The van der Waals surface area contributed by atoms with Gasteiger partial charge in [-0.3, -0.25) is 0 Å². The quantitative estimate of drug-likeness (QED) is 0.782. The normalized spacial score (nSPS) is 19.9. The second-order valence-corrected chi connectivity index (χ2v) is 5.67. The number of rotatable bonds is 5. The average molecular weight is 276 g/mol. The molecule has 18 heavy (non-hydrogen) atoms. The molecule has 2 N–H and O–H groups in total. The van der Waals surface area contributed by atoms with E-state index in [1.54, 1.807) is 0 Å². The van der Waals surface area contributed by atoms with Crippen LogP contribution in [0.5, 0.6) is 0 Å². The summed E-state index contributed by atoms with van der Waals surface area (Å²) in [5.74, 6) is -0.102. The molecule has 1 heterocycles. The van der Waals surface area contributed by atoms with Crippen molar-refractivity contribution in [2.24, 2.45) is 0 Å². The van der Waals surface area contributed by atoms with E-state index in [0.717, 1.165) is 0 Å². The molecule has 0 bridgehead atoms. The lowest BCUT2D eigenvalue weighted by atomic mass is 10.1. The van der Waals surface area contributed by atoms with E-state index in [2.05, 4.69) is 5.32 Å². The minimum absolute atomic E-state index is 0.347. The van der Waals surface area contributed by atoms with Gasteiger partial charge in [-0.2, -0.15) is 0 Å². The van der Waals surface area contributed by atoms with E-state index in [1.807, 2.05) is 20.8 Å². The number of hydrogen-bond acceptors (Lipinski definition) is 4. The van der Waals surface area contributed by atoms with Crippen molar-refractivity contribution in [3.63, 3.8) is 0 Å². The SMILES string of the molecule is CCOC(C)(C)CNC(=O)N1CSC[C@H]1C(=O)O. The lowest BCUT2D eigenvalue weighted by Crippen LogP contribution is -2.50. The zero-order valence-electron chi connectivity index (χ0n) is 10.9. The Hall–Kier alpha value is -0.950. The summed E-state index contributed by atoms with van der Waals surface area (Å²) in [6.45, 7) is 6.57. The maximum Gasteiger partial charge on any atom is 0.327 e. The summed E-state index contributed by atoms with van der Waals surface area (Å²) in [6.07, 6.45) is 0. The third kappa shape index (κ3) is 4.06. The minimum Gasteiger partial charge on any atom is -0.480 e. The largest absolute Gasteiger partial charge is 0.480 e. The van der Waals surface area contributed by atoms with Crippen molar-refractivity contribution in [2.45, 2.75) is 32.4 Å². The Balaban J connectivity index is 2.48. The molecule has 0 aromatic heterocycles. The second kappa shape index (κ2) is 6.29. The number of amides is 2. The van der Waals surface area contributed by atoms with Crippen molar-refractivity contribution in [1.29, 1.82) is 0 Å². The first-order valence-electron chi connectivity index (χ1n) is 5.86. The van der Waals surface area contributed by atoms with E-state index < -0.39 is 17.6 Å². The van der Waals surface area contributed by atoms with Crippen LogP contribution in [0.15, 0.2) is 0 Å². The summed E-state index contributed by atoms with van der Waals surface area (Å²) in [6, 6.07) is -1.08. The van der Waals surface area contributed by atoms with Gasteiger partial charge >= 0.3 is 12.0 Å². The van der Waals surface area contributed by atoms with Gasteiger partial charge in [-0.25, -0.2) is 9.59 Å². The fourth-order valence-corrected chi connectivity index (χ4v) is 2.82. The Morgan fingerprint density at radius 1 is 1.56 bits per heavy atom. The molecule has 1 fully saturated rings. The Morgan fingerprint density at radius 3 is 2.78 bits per heavy atom. The molecule has 0 radical (unpaired) electrons. The molecule has 1 aliphatic heterocycles. The van der Waals surface area contributed by atoms with Crippen LogP contribution < -0.4 is 5.32 Å². The minimum atomic E-state index is -0.959. The van der Waals surface area contributed by atoms with E-state index in [9.17, 15) is 9.59 Å². The molecule has 1 aliphatic rings. The van der Waals surface area contributed by atoms with Crippen LogP contribution in [0.4, 0.5) is 4.79 Å². The zero-order valence-corrected chi connectivity index (χ0v) is 11.7. The van der Waals surface area contributed by atoms with Gasteiger partial charge < -0.3 is 20.1 Å². The fourth-order valence-electron chi connectivity index (χ4n) is 1.68. The topological polar surface area (TPSA) is 78.9 Å². The molecule has 0 spiro atoms. The van der Waals surface area contributed by atoms with Crippen molar-refractivity contribution in [3.8, 4) is 0 Å². The van der Waals surface area contributed by atoms with Crippen molar-refractivity contribution < 1.29 is 19.4 Å². The van der Waals surface area contributed by atoms with Crippen LogP contribution in [0.25, 0.3) is 0 Å². The van der Waals surface area contributed by atoms with Gasteiger partial charge in [0.25, 0.3) is 0 Å². The highest BCUT2D eigenvalue weighted by Gasteiger charge is 2.35. The predicted octanol–water partition coefficient (Wildman–Crippen LogP) is 0.971. The summed E-state index contributed by atoms with van der Waals surface area (Å²) in [5, 5.41) is 11.7. The number of ether oxygens (including phenoxy) is 1. The molecule has 104 valence electrons. The molecule has 0 saturated carbocycles. The lowest BCUT2D eigenvalue weighted by molar-refractivity contribution is -0.140. The van der Waals surface area contributed by atoms with Crippen LogP contribution >= 0.6 is 11.8 Å². The molecule has 0 unspecified atom stereocenters. The van der Waals surface area contributed by atoms with Crippen molar-refractivity contribution in [2.75, 3.05) is 24.8 Å². The standard InChI is InChI=1S/C11H20N2O4S/c1-4-17-11(2,3)6-12-10(16)13-7-18-5-8(13)9(14)15/h8H,4-7H2,1-3H3,(H,12,16)(H,14,15)/t8-/m0/s1. The maximum absolute atomic E-state index is 11.9. The molecule has 6 nitrogen and oxygen atoms in total. The first-order chi connectivity index (χ1) is 8.37. The number of carboxylic acid groups (broad SMARTS) is 1. The number of carbonyl (C=O) groups excluding carboxylic acids is 1. The second-order valence-electron chi connectivity index (χ2n) is 4.68. The van der Waals surface area contributed by atoms with Gasteiger partial charge in [-0.1, -0.05) is 0 Å². The highest BCUT2D eigenvalue weighted by Crippen LogP contribution is 2.21. The van der Waals surface area contributed by atoms with E-state index in [-0.39, 0.29) is 6.03 Å². The molecule has 2 amide bonds. The van der Waals surface area contributed by atoms with Crippen LogP contribution in [0.3, 0.4) is 0 Å². The van der Waals surface area contributed by atoms with E-state index in [4.69, 9.17) is 9.84 Å². The Labute approximate surface area is 111 Å². The summed E-state index contributed by atoms with van der Waals surface area (Å²) in [4.78, 5) is 24.2. The monoisotopic (exact) mass is 276 g/mol. The Kier molecular flexibility index (Phi) is 5.28. The molecule has 0 aliphatic carbocycles. The molecule has 1 rings (SSSR count). The van der Waals surface area contributed by atoms with Gasteiger partial charge in [-0.15, -0.1) is 11.8 Å². The highest BCUT2D eigenvalue weighted by atomic mass is 32.2. The third-order valence-corrected chi connectivity index (χ3v) is 3.64. The first kappa shape index (κ1) is 15.1. The summed E-state index contributed by atoms with van der Waals surface area (Å²) < 4.78 is 5.46. The van der Waals surface area contributed by atoms with Crippen molar-refractivity contribution in [1.82, 2.24) is 10.2 Å². The van der Waals surface area contributed by atoms with Crippen molar-refractivity contribution in [3.05, 3.63) is 0 Å². The van der Waals surface area contributed by atoms with Gasteiger partial charge in [0.15, 0.2) is 0 Å². The van der Waals surface area contributed by atoms with E-state index in [1.165, 1.54) is 16.7 Å². The maximum atomic E-state index is 11.9. The number of hydrogen-bond donors (Lipinski definition) is 2. The molecular weight excluding hydrogens is 256 g/mol. The van der Waals surface area contributed by atoms with Gasteiger partial charge in [0.2, 0.25) is 0 Å². The predicted molar refractivity (Wildman–Crippen MR) is 69.7 cm³/mol. The number of carboxylic acids is 1. The number of carbonyl (C=O) groups is 2. The Bertz CT molecular complexity index is 322. The smallest absolute Gasteiger partial charge is 0.327 e. The molecular formula is C11H20N2O4S. The number of aliphatic carboxylic acids is 1. The zero-order chi connectivity index (χ0) is 13.8. The van der Waals surface area contributed by atoms with Crippen molar-refractivity contribution >= 4 is 23.8 Å². The molecule has 1 atom stereocenters. The third-order valence-electron chi connectivity index (χ3n) is 2.63. The van der Waals surface area contributed by atoms with Crippen LogP contribution in [-0.2, 0) is 9.53 Å². The number of thioether (sulfide) groups is 1. The van der Waals surface area contributed by atoms with E-state index in [0.29, 0.717) is 24.8 Å². The molecule has 7 heteroatoms. The highest BCUT2D eigenvalue weighted by molar-refractivity contribution is 7.99. The lowest BCUT2D eigenvalue weighted by Gasteiger charge is -2.27. The number of urea groups is 1. The summed E-state index contributed by atoms with van der Waals surface area (Å²) >= 11 is 1.44. The first-order valence-corrected chi connectivity index (χ1v) is 7.02. The van der Waals surface area contributed by atoms with Gasteiger partial charge in [0, 0.05) is 18.9 Å². The number of nitrogens with zero attached hydrogens (tertiary/aromatic N) is 1. The van der Waals surface area contributed by atoms with Crippen LogP contribution in [-0.4, -0.2) is 58.4 Å². The Morgan fingerprint density at radius 2 is 2.22 bits per heavy atom. The van der Waals surface area contributed by atoms with Gasteiger partial charge in [0.05, 0.1) is 11.5 Å². The molecule has 1 saturated heterocycles. The van der Waals surface area contributed by atoms with Crippen LogP contribution in [0.2, 0.25) is 0 Å². The summed E-state index contributed by atoms with van der Waals surface area (Å²) in [7, 11) is 0. The van der Waals surface area contributed by atoms with E-state index >= 15 is 0 Å². The fraction of sp³-hybridized carbons (Fsp3) is 0.818. The van der Waals surface area contributed by atoms with Gasteiger partial charge in [-0.05, 0) is 20.8 Å². The molecule has 0 aromatic rings. The molecule has 0 aromatic carbocycles. The average Bonchev–Trinajstić information content (AvgIpc) is 2.74. The van der Waals surface area contributed by atoms with Crippen LogP contribution in [0.1, 0.15) is 20.8 Å². The van der Waals surface area contributed by atoms with Gasteiger partial charge in [0.1, 0.15) is 6.04 Å². The number of nitrogens with one attached hydrogen (secondary N) is 1. The van der Waals surface area contributed by atoms with Crippen LogP contribution in [0, 0.1) is 0 Å². The summed E-state index contributed by atoms with van der Waals surface area (Å²) in [5.41, 5.74) is -0.448.